The first-order chi connectivity index (χ1) is 9.02. The highest BCUT2D eigenvalue weighted by molar-refractivity contribution is 5.77. The van der Waals surface area contributed by atoms with E-state index < -0.39 is 0 Å². The highest BCUT2D eigenvalue weighted by Gasteiger charge is 2.18. The average molecular weight is 271 g/mol. The van der Waals surface area contributed by atoms with Crippen LogP contribution in [0.4, 0.5) is 0 Å². The molecule has 0 rings (SSSR count). The summed E-state index contributed by atoms with van der Waals surface area (Å²) in [6.45, 7) is 4.41. The summed E-state index contributed by atoms with van der Waals surface area (Å²) in [5.41, 5.74) is 0. The number of esters is 1. The largest absolute Gasteiger partial charge is 0.469 e. The van der Waals surface area contributed by atoms with Crippen molar-refractivity contribution < 1.29 is 14.3 Å². The van der Waals surface area contributed by atoms with E-state index in [-0.39, 0.29) is 17.8 Å². The molecule has 1 atom stereocenters. The maximum atomic E-state index is 11.9. The Morgan fingerprint density at radius 2 is 1.68 bits per heavy atom. The molecule has 0 aromatic carbocycles. The molecule has 19 heavy (non-hydrogen) atoms. The minimum atomic E-state index is -0.265. The molecule has 0 saturated heterocycles. The lowest BCUT2D eigenvalue weighted by molar-refractivity contribution is -0.146. The first-order valence-corrected chi connectivity index (χ1v) is 7.34. The minimum Gasteiger partial charge on any atom is -0.469 e. The molecular weight excluding hydrogens is 242 g/mol. The van der Waals surface area contributed by atoms with E-state index >= 15 is 0 Å². The third-order valence-electron chi connectivity index (χ3n) is 3.32. The third-order valence-corrected chi connectivity index (χ3v) is 3.32. The van der Waals surface area contributed by atoms with Crippen molar-refractivity contribution in [1.29, 1.82) is 0 Å². The van der Waals surface area contributed by atoms with Crippen LogP contribution in [-0.4, -0.2) is 37.5 Å². The Hall–Kier alpha value is -1.06. The van der Waals surface area contributed by atoms with Crippen LogP contribution < -0.4 is 0 Å². The Morgan fingerprint density at radius 3 is 2.26 bits per heavy atom. The standard InChI is InChI=1S/C15H29NO3/c1-5-6-7-8-9-10-11-14(17)16(3)12-13(2)15(18)19-4/h13H,5-12H2,1-4H3. The van der Waals surface area contributed by atoms with Gasteiger partial charge in [-0.15, -0.1) is 0 Å². The number of hydrogen-bond donors (Lipinski definition) is 0. The van der Waals surface area contributed by atoms with Crippen LogP contribution in [0.25, 0.3) is 0 Å². The molecule has 0 fully saturated rings. The van der Waals surface area contributed by atoms with Gasteiger partial charge in [-0.25, -0.2) is 0 Å². The number of methoxy groups -OCH3 is 1. The second-order valence-corrected chi connectivity index (χ2v) is 5.22. The molecule has 112 valence electrons. The van der Waals surface area contributed by atoms with E-state index in [1.54, 1.807) is 18.9 Å². The predicted octanol–water partition coefficient (Wildman–Crippen LogP) is 3.00. The fourth-order valence-corrected chi connectivity index (χ4v) is 2.04. The molecule has 1 amide bonds. The molecule has 0 aliphatic rings. The zero-order valence-electron chi connectivity index (χ0n) is 12.9. The Morgan fingerprint density at radius 1 is 1.11 bits per heavy atom. The number of ether oxygens (including phenoxy) is 1. The lowest BCUT2D eigenvalue weighted by Crippen LogP contribution is -2.34. The maximum absolute atomic E-state index is 11.9. The normalized spacial score (nSPS) is 12.0. The maximum Gasteiger partial charge on any atom is 0.310 e. The van der Waals surface area contributed by atoms with E-state index in [9.17, 15) is 9.59 Å². The van der Waals surface area contributed by atoms with Gasteiger partial charge in [0.15, 0.2) is 0 Å². The second-order valence-electron chi connectivity index (χ2n) is 5.22. The Labute approximate surface area is 117 Å². The van der Waals surface area contributed by atoms with E-state index in [1.807, 2.05) is 0 Å². The molecule has 0 aliphatic carbocycles. The summed E-state index contributed by atoms with van der Waals surface area (Å²) in [7, 11) is 3.12. The summed E-state index contributed by atoms with van der Waals surface area (Å²) in [4.78, 5) is 24.8. The molecule has 0 aliphatic heterocycles. The molecule has 0 radical (unpaired) electrons. The van der Waals surface area contributed by atoms with Crippen molar-refractivity contribution >= 4 is 11.9 Å². The highest BCUT2D eigenvalue weighted by atomic mass is 16.5. The molecule has 0 N–H and O–H groups in total. The van der Waals surface area contributed by atoms with Gasteiger partial charge in [0.2, 0.25) is 5.91 Å². The van der Waals surface area contributed by atoms with Crippen molar-refractivity contribution in [3.63, 3.8) is 0 Å². The Bertz CT molecular complexity index is 266. The predicted molar refractivity (Wildman–Crippen MR) is 76.8 cm³/mol. The molecule has 0 spiro atoms. The number of hydrogen-bond acceptors (Lipinski definition) is 3. The molecule has 0 bridgehead atoms. The van der Waals surface area contributed by atoms with Crippen molar-refractivity contribution in [1.82, 2.24) is 4.90 Å². The second kappa shape index (κ2) is 10.8. The molecule has 4 nitrogen and oxygen atoms in total. The topological polar surface area (TPSA) is 46.6 Å². The number of carbonyl (C=O) groups excluding carboxylic acids is 2. The van der Waals surface area contributed by atoms with Crippen LogP contribution in [0.2, 0.25) is 0 Å². The van der Waals surface area contributed by atoms with Gasteiger partial charge in [0.1, 0.15) is 0 Å². The van der Waals surface area contributed by atoms with Gasteiger partial charge in [0, 0.05) is 20.0 Å². The van der Waals surface area contributed by atoms with Gasteiger partial charge < -0.3 is 9.64 Å². The molecule has 1 unspecified atom stereocenters. The summed E-state index contributed by atoms with van der Waals surface area (Å²) in [5.74, 6) is -0.408. The van der Waals surface area contributed by atoms with Gasteiger partial charge >= 0.3 is 5.97 Å². The summed E-state index contributed by atoms with van der Waals surface area (Å²) in [6.07, 6.45) is 7.64. The van der Waals surface area contributed by atoms with E-state index in [0.29, 0.717) is 13.0 Å². The lowest BCUT2D eigenvalue weighted by atomic mass is 10.1. The molecule has 4 heteroatoms. The quantitative estimate of drug-likeness (QED) is 0.453. The van der Waals surface area contributed by atoms with Crippen molar-refractivity contribution in [2.24, 2.45) is 5.92 Å². The van der Waals surface area contributed by atoms with Crippen molar-refractivity contribution in [2.45, 2.75) is 58.8 Å². The van der Waals surface area contributed by atoms with Gasteiger partial charge in [0.25, 0.3) is 0 Å². The van der Waals surface area contributed by atoms with Gasteiger partial charge in [-0.3, -0.25) is 9.59 Å². The number of rotatable bonds is 10. The van der Waals surface area contributed by atoms with E-state index in [4.69, 9.17) is 0 Å². The van der Waals surface area contributed by atoms with E-state index in [1.165, 1.54) is 32.8 Å². The molecule has 0 aromatic rings. The van der Waals surface area contributed by atoms with E-state index in [0.717, 1.165) is 12.8 Å². The summed E-state index contributed by atoms with van der Waals surface area (Å²) in [5, 5.41) is 0. The van der Waals surface area contributed by atoms with Gasteiger partial charge in [-0.2, -0.15) is 0 Å². The zero-order valence-corrected chi connectivity index (χ0v) is 12.9. The number of carbonyl (C=O) groups is 2. The van der Waals surface area contributed by atoms with Crippen molar-refractivity contribution in [3.8, 4) is 0 Å². The third kappa shape index (κ3) is 8.62. The SMILES string of the molecule is CCCCCCCCC(=O)N(C)CC(C)C(=O)OC. The van der Waals surface area contributed by atoms with Crippen LogP contribution in [0.1, 0.15) is 58.8 Å². The van der Waals surface area contributed by atoms with Crippen LogP contribution >= 0.6 is 0 Å². The Balaban J connectivity index is 3.73. The number of unbranched alkanes of at least 4 members (excludes halogenated alkanes) is 5. The summed E-state index contributed by atoms with van der Waals surface area (Å²) < 4.78 is 4.65. The molecule has 0 saturated carbocycles. The van der Waals surface area contributed by atoms with Crippen LogP contribution in [0, 0.1) is 5.92 Å². The van der Waals surface area contributed by atoms with Crippen molar-refractivity contribution in [3.05, 3.63) is 0 Å². The molecule has 0 heterocycles. The molecule has 0 aromatic heterocycles. The lowest BCUT2D eigenvalue weighted by Gasteiger charge is -2.20. The van der Waals surface area contributed by atoms with Gasteiger partial charge in [-0.05, 0) is 6.42 Å². The first kappa shape index (κ1) is 17.9. The van der Waals surface area contributed by atoms with Gasteiger partial charge in [0.05, 0.1) is 13.0 Å². The molecular formula is C15H29NO3. The van der Waals surface area contributed by atoms with Crippen LogP contribution in [0.3, 0.4) is 0 Å². The van der Waals surface area contributed by atoms with Crippen molar-refractivity contribution in [2.75, 3.05) is 20.7 Å². The number of amides is 1. The zero-order chi connectivity index (χ0) is 14.7. The van der Waals surface area contributed by atoms with Crippen LogP contribution in [0.15, 0.2) is 0 Å². The summed E-state index contributed by atoms with van der Waals surface area (Å²) in [6, 6.07) is 0. The first-order valence-electron chi connectivity index (χ1n) is 7.34. The number of nitrogens with zero attached hydrogens (tertiary/aromatic N) is 1. The summed E-state index contributed by atoms with van der Waals surface area (Å²) >= 11 is 0. The fraction of sp³-hybridized carbons (Fsp3) is 0.867. The fourth-order valence-electron chi connectivity index (χ4n) is 2.04. The van der Waals surface area contributed by atoms with Gasteiger partial charge in [-0.1, -0.05) is 46.0 Å². The van der Waals surface area contributed by atoms with Crippen LogP contribution in [-0.2, 0) is 14.3 Å². The van der Waals surface area contributed by atoms with Crippen LogP contribution in [0.5, 0.6) is 0 Å². The highest BCUT2D eigenvalue weighted by Crippen LogP contribution is 2.09. The Kier molecular flexibility index (Phi) is 10.2. The monoisotopic (exact) mass is 271 g/mol. The minimum absolute atomic E-state index is 0.117. The van der Waals surface area contributed by atoms with E-state index in [2.05, 4.69) is 11.7 Å². The average Bonchev–Trinajstić information content (AvgIpc) is 2.41. The smallest absolute Gasteiger partial charge is 0.310 e.